The van der Waals surface area contributed by atoms with Crippen LogP contribution in [0.5, 0.6) is 23.0 Å². The van der Waals surface area contributed by atoms with Crippen molar-refractivity contribution in [2.45, 2.75) is 93.4 Å². The van der Waals surface area contributed by atoms with Gasteiger partial charge in [0.15, 0.2) is 11.5 Å². The highest BCUT2D eigenvalue weighted by Gasteiger charge is 2.64. The van der Waals surface area contributed by atoms with Crippen LogP contribution >= 0.6 is 0 Å². The molecule has 1 spiro atoms. The molecular formula is C44H55N3O6. The van der Waals surface area contributed by atoms with Crippen LogP contribution in [0, 0.1) is 11.8 Å². The van der Waals surface area contributed by atoms with E-state index in [9.17, 15) is 9.90 Å². The van der Waals surface area contributed by atoms with Crippen LogP contribution in [0.1, 0.15) is 67.7 Å². The van der Waals surface area contributed by atoms with E-state index in [-0.39, 0.29) is 23.2 Å². The Balaban J connectivity index is 0.000000120. The largest absolute Gasteiger partial charge is 0.508 e. The van der Waals surface area contributed by atoms with Gasteiger partial charge in [0, 0.05) is 47.0 Å². The minimum atomic E-state index is -0.539. The summed E-state index contributed by atoms with van der Waals surface area (Å²) < 4.78 is 17.3. The van der Waals surface area contributed by atoms with E-state index in [0.29, 0.717) is 23.1 Å². The number of carbonyl (C=O) groups is 1. The maximum absolute atomic E-state index is 10.6. The van der Waals surface area contributed by atoms with Gasteiger partial charge in [-0.05, 0) is 131 Å². The molecule has 3 aliphatic heterocycles. The van der Waals surface area contributed by atoms with Gasteiger partial charge in [-0.3, -0.25) is 4.79 Å². The number of anilines is 1. The van der Waals surface area contributed by atoms with E-state index in [1.807, 2.05) is 12.1 Å². The van der Waals surface area contributed by atoms with Crippen LogP contribution in [0.4, 0.5) is 5.69 Å². The molecule has 0 unspecified atom stereocenters. The summed E-state index contributed by atoms with van der Waals surface area (Å²) in [4.78, 5) is 15.6. The van der Waals surface area contributed by atoms with Crippen molar-refractivity contribution in [3.05, 3.63) is 89.0 Å². The van der Waals surface area contributed by atoms with Crippen molar-refractivity contribution >= 4 is 11.6 Å². The molecule has 4 aliphatic carbocycles. The minimum Gasteiger partial charge on any atom is -0.508 e. The number of amides is 1. The van der Waals surface area contributed by atoms with Gasteiger partial charge in [-0.2, -0.15) is 0 Å². The quantitative estimate of drug-likeness (QED) is 0.216. The Kier molecular flexibility index (Phi) is 9.48. The zero-order chi connectivity index (χ0) is 37.1. The van der Waals surface area contributed by atoms with Crippen molar-refractivity contribution < 1.29 is 29.2 Å². The van der Waals surface area contributed by atoms with E-state index < -0.39 is 6.10 Å². The molecule has 53 heavy (non-hydrogen) atoms. The molecule has 9 heteroatoms. The fourth-order valence-electron chi connectivity index (χ4n) is 11.4. The normalized spacial score (nSPS) is 32.6. The number of aliphatic hydroxyl groups is 1. The number of methoxy groups -OCH3 is 2. The molecule has 3 aromatic carbocycles. The number of rotatable bonds is 3. The highest BCUT2D eigenvalue weighted by Crippen LogP contribution is 2.62. The van der Waals surface area contributed by atoms with E-state index in [0.717, 1.165) is 48.6 Å². The van der Waals surface area contributed by atoms with Gasteiger partial charge < -0.3 is 39.5 Å². The summed E-state index contributed by atoms with van der Waals surface area (Å²) in [5.41, 5.74) is 6.96. The Labute approximate surface area is 313 Å². The predicted octanol–water partition coefficient (Wildman–Crippen LogP) is 6.24. The van der Waals surface area contributed by atoms with Crippen molar-refractivity contribution in [3.63, 3.8) is 0 Å². The third-order valence-corrected chi connectivity index (χ3v) is 13.9. The molecule has 7 aliphatic rings. The zero-order valence-corrected chi connectivity index (χ0v) is 31.8. The van der Waals surface area contributed by atoms with Gasteiger partial charge in [0.05, 0.1) is 14.2 Å². The van der Waals surface area contributed by atoms with E-state index in [4.69, 9.17) is 19.3 Å². The second-order valence-corrected chi connectivity index (χ2v) is 16.4. The van der Waals surface area contributed by atoms with Crippen LogP contribution in [0.2, 0.25) is 0 Å². The van der Waals surface area contributed by atoms with Crippen LogP contribution in [0.15, 0.2) is 66.7 Å². The molecule has 4 bridgehead atoms. The lowest BCUT2D eigenvalue weighted by atomic mass is 9.52. The lowest BCUT2D eigenvalue weighted by Gasteiger charge is -2.58. The molecule has 3 fully saturated rings. The number of carbonyl (C=O) groups excluding carboxylic acids is 1. The van der Waals surface area contributed by atoms with Gasteiger partial charge in [0.2, 0.25) is 5.91 Å². The summed E-state index contributed by atoms with van der Waals surface area (Å²) in [6.07, 6.45) is 13.8. The minimum absolute atomic E-state index is 0.0806. The molecule has 282 valence electrons. The van der Waals surface area contributed by atoms with E-state index >= 15 is 0 Å². The molecule has 3 heterocycles. The molecular weight excluding hydrogens is 666 g/mol. The Morgan fingerprint density at radius 1 is 0.887 bits per heavy atom. The molecule has 1 saturated carbocycles. The van der Waals surface area contributed by atoms with E-state index in [2.05, 4.69) is 59.6 Å². The topological polar surface area (TPSA) is 104 Å². The lowest BCUT2D eigenvalue weighted by molar-refractivity contribution is -0.114. The average molecular weight is 722 g/mol. The first-order chi connectivity index (χ1) is 25.6. The number of hydrogen-bond donors (Lipinski definition) is 3. The van der Waals surface area contributed by atoms with E-state index in [1.165, 1.54) is 75.3 Å². The van der Waals surface area contributed by atoms with Crippen molar-refractivity contribution in [2.24, 2.45) is 11.8 Å². The molecule has 0 radical (unpaired) electrons. The number of nitrogens with one attached hydrogen (secondary N) is 1. The molecule has 3 N–H and O–H groups in total. The standard InChI is InChI=1S/C18H21NO3.C18H25NO.C8H9NO2/c1-19-8-7-18-11-4-5-13(20)17(18)22-16-14(21-2)6-3-10(15(16)18)9-12(11)19;1-19-10-9-18-8-4-3-5-15(18)17(19)11-13-6-7-14(20-2)12-16(13)18;1-6(10)9-7-2-4-8(11)5-3-7/h3-6,11-13,17,20H,7-9H2,1-2H3;6-7,12,15,17H,3-5,8-11H2,1-2H3;2-5,11H,1H3,(H,9,10)/t11-,12+,13-,17-,18-;15-,17+,18+;/m01./s1. The molecule has 3 aromatic rings. The fraction of sp³-hybridized carbons (Fsp3) is 0.523. The highest BCUT2D eigenvalue weighted by molar-refractivity contribution is 5.88. The third kappa shape index (κ3) is 5.90. The Bertz CT molecular complexity index is 1880. The van der Waals surface area contributed by atoms with Gasteiger partial charge >= 0.3 is 0 Å². The summed E-state index contributed by atoms with van der Waals surface area (Å²) in [6.45, 7) is 3.75. The number of likely N-dealkylation sites (N-methyl/N-ethyl adjacent to an activating group) is 2. The summed E-state index contributed by atoms with van der Waals surface area (Å²) >= 11 is 0. The smallest absolute Gasteiger partial charge is 0.221 e. The maximum atomic E-state index is 10.6. The van der Waals surface area contributed by atoms with Crippen molar-refractivity contribution in [3.8, 4) is 23.0 Å². The number of nitrogens with zero attached hydrogens (tertiary/aromatic N) is 2. The first kappa shape index (κ1) is 36.0. The SMILES string of the molecule is CC(=O)Nc1ccc(O)cc1.COc1ccc2c(c1)[C@]13CCCC[C@@H]1[C@H](C2)N(C)CC3.COc1ccc2c3c1O[C@H]1[C@@H](O)C=C[C@H]4[C@@H](C2)N(C)CC[C@@]341. The second kappa shape index (κ2) is 14.0. The summed E-state index contributed by atoms with van der Waals surface area (Å²) in [5.74, 6) is 4.08. The molecule has 1 amide bonds. The molecule has 9 nitrogen and oxygen atoms in total. The van der Waals surface area contributed by atoms with Crippen LogP contribution in [-0.2, 0) is 28.5 Å². The molecule has 10 rings (SSSR count). The highest BCUT2D eigenvalue weighted by atomic mass is 16.5. The number of benzene rings is 3. The number of fused-ring (bicyclic) bond motifs is 1. The van der Waals surface area contributed by atoms with Crippen LogP contribution < -0.4 is 19.5 Å². The van der Waals surface area contributed by atoms with Gasteiger partial charge in [0.1, 0.15) is 23.7 Å². The first-order valence-electron chi connectivity index (χ1n) is 19.5. The predicted molar refractivity (Wildman–Crippen MR) is 206 cm³/mol. The summed E-state index contributed by atoms with van der Waals surface area (Å²) in [6, 6.07) is 18.6. The van der Waals surface area contributed by atoms with Crippen LogP contribution in [0.25, 0.3) is 0 Å². The van der Waals surface area contributed by atoms with Gasteiger partial charge in [-0.25, -0.2) is 0 Å². The summed E-state index contributed by atoms with van der Waals surface area (Å²) in [5, 5.41) is 22.0. The monoisotopic (exact) mass is 721 g/mol. The number of piperidine rings is 2. The van der Waals surface area contributed by atoms with Gasteiger partial charge in [-0.15, -0.1) is 0 Å². The fourth-order valence-corrected chi connectivity index (χ4v) is 11.4. The third-order valence-electron chi connectivity index (χ3n) is 13.9. The average Bonchev–Trinajstić information content (AvgIpc) is 3.52. The number of aliphatic hydroxyl groups excluding tert-OH is 1. The van der Waals surface area contributed by atoms with Crippen molar-refractivity contribution in [1.82, 2.24) is 9.80 Å². The Morgan fingerprint density at radius 3 is 2.38 bits per heavy atom. The number of phenols is 1. The first-order valence-corrected chi connectivity index (χ1v) is 19.5. The number of likely N-dealkylation sites (tertiary alicyclic amines) is 2. The maximum Gasteiger partial charge on any atom is 0.221 e. The van der Waals surface area contributed by atoms with Gasteiger partial charge in [0.25, 0.3) is 0 Å². The van der Waals surface area contributed by atoms with Gasteiger partial charge in [-0.1, -0.05) is 37.1 Å². The van der Waals surface area contributed by atoms with Crippen LogP contribution in [-0.4, -0.2) is 91.6 Å². The number of ether oxygens (including phenoxy) is 3. The number of phenolic OH excluding ortho intramolecular Hbond substituents is 1. The molecule has 2 saturated heterocycles. The van der Waals surface area contributed by atoms with E-state index in [1.54, 1.807) is 37.5 Å². The molecule has 8 atom stereocenters. The zero-order valence-electron chi connectivity index (χ0n) is 31.8. The van der Waals surface area contributed by atoms with Crippen LogP contribution in [0.3, 0.4) is 0 Å². The van der Waals surface area contributed by atoms with Crippen molar-refractivity contribution in [1.29, 1.82) is 0 Å². The second-order valence-electron chi connectivity index (χ2n) is 16.4. The number of hydrogen-bond acceptors (Lipinski definition) is 8. The Hall–Kier alpha value is -4.05. The number of aromatic hydroxyl groups is 1. The lowest BCUT2D eigenvalue weighted by Crippen LogP contribution is -2.64. The molecule has 0 aromatic heterocycles. The summed E-state index contributed by atoms with van der Waals surface area (Å²) in [7, 11) is 8.03. The Morgan fingerprint density at radius 2 is 1.62 bits per heavy atom. The van der Waals surface area contributed by atoms with Crippen molar-refractivity contribution in [2.75, 3.05) is 46.7 Å².